The highest BCUT2D eigenvalue weighted by Gasteiger charge is 2.41. The first kappa shape index (κ1) is 25.9. The fourth-order valence-electron chi connectivity index (χ4n) is 4.71. The molecule has 2 aromatic carbocycles. The van der Waals surface area contributed by atoms with Crippen LogP contribution in [0.4, 0.5) is 22.4 Å². The normalized spacial score (nSPS) is 16.2. The van der Waals surface area contributed by atoms with Crippen molar-refractivity contribution >= 4 is 17.6 Å². The fraction of sp³-hybridized carbons (Fsp3) is 0.333. The molecular weight excluding hydrogens is 494 g/mol. The molecule has 1 atom stereocenters. The van der Waals surface area contributed by atoms with E-state index in [2.05, 4.69) is 15.6 Å². The molecule has 0 bridgehead atoms. The second-order valence-corrected chi connectivity index (χ2v) is 9.53. The average molecular weight is 520 g/mol. The summed E-state index contributed by atoms with van der Waals surface area (Å²) in [5, 5.41) is 6.16. The SMILES string of the molecule is O=C(NC1CCCCC1)NC(Cc1ccccc1)(c1cc(F)cc(C(F)(F)F)c1)c1ccc(Cl)cn1. The number of pyridine rings is 1. The summed E-state index contributed by atoms with van der Waals surface area (Å²) in [6.07, 6.45) is 1.29. The van der Waals surface area contributed by atoms with Crippen molar-refractivity contribution in [3.63, 3.8) is 0 Å². The van der Waals surface area contributed by atoms with Crippen LogP contribution >= 0.6 is 11.6 Å². The standard InChI is InChI=1S/C27H26ClF4N3O/c28-21-11-12-24(33-17-21)26(16-18-7-3-1-4-8-18,35-25(36)34-23-9-5-2-6-10-23)19-13-20(27(30,31)32)15-22(29)14-19/h1,3-4,7-8,11-15,17,23H,2,5-6,9-10,16H2,(H2,34,35,36). The van der Waals surface area contributed by atoms with Crippen LogP contribution in [-0.2, 0) is 18.1 Å². The predicted molar refractivity (Wildman–Crippen MR) is 130 cm³/mol. The van der Waals surface area contributed by atoms with Crippen LogP contribution < -0.4 is 10.6 Å². The van der Waals surface area contributed by atoms with E-state index in [4.69, 9.17) is 11.6 Å². The summed E-state index contributed by atoms with van der Waals surface area (Å²) in [5.41, 5.74) is -1.91. The Labute approximate surface area is 212 Å². The minimum absolute atomic E-state index is 0.0291. The van der Waals surface area contributed by atoms with E-state index in [9.17, 15) is 22.4 Å². The molecule has 0 saturated heterocycles. The zero-order valence-electron chi connectivity index (χ0n) is 19.4. The van der Waals surface area contributed by atoms with Crippen LogP contribution in [0.1, 0.15) is 54.5 Å². The van der Waals surface area contributed by atoms with Crippen LogP contribution in [0.3, 0.4) is 0 Å². The third-order valence-electron chi connectivity index (χ3n) is 6.46. The van der Waals surface area contributed by atoms with Gasteiger partial charge in [0, 0.05) is 18.7 Å². The van der Waals surface area contributed by atoms with Gasteiger partial charge in [0.1, 0.15) is 11.4 Å². The molecule has 0 spiro atoms. The Hall–Kier alpha value is -3.13. The Kier molecular flexibility index (Phi) is 7.83. The lowest BCUT2D eigenvalue weighted by Crippen LogP contribution is -2.54. The molecule has 1 saturated carbocycles. The minimum atomic E-state index is -4.78. The summed E-state index contributed by atoms with van der Waals surface area (Å²) in [5.74, 6) is -1.07. The van der Waals surface area contributed by atoms with Gasteiger partial charge in [-0.1, -0.05) is 61.2 Å². The van der Waals surface area contributed by atoms with Crippen LogP contribution in [0.5, 0.6) is 0 Å². The quantitative estimate of drug-likeness (QED) is 0.344. The molecule has 1 heterocycles. The van der Waals surface area contributed by atoms with Gasteiger partial charge in [-0.3, -0.25) is 4.98 Å². The largest absolute Gasteiger partial charge is 0.416 e. The number of alkyl halides is 3. The number of rotatable bonds is 6. The number of nitrogens with one attached hydrogen (secondary N) is 2. The van der Waals surface area contributed by atoms with Gasteiger partial charge >= 0.3 is 12.2 Å². The topological polar surface area (TPSA) is 54.0 Å². The highest BCUT2D eigenvalue weighted by Crippen LogP contribution is 2.38. The maximum absolute atomic E-state index is 14.6. The molecule has 1 aliphatic carbocycles. The van der Waals surface area contributed by atoms with Crippen LogP contribution in [0.25, 0.3) is 0 Å². The molecule has 0 radical (unpaired) electrons. The molecule has 2 N–H and O–H groups in total. The fourth-order valence-corrected chi connectivity index (χ4v) is 4.82. The lowest BCUT2D eigenvalue weighted by molar-refractivity contribution is -0.137. The van der Waals surface area contributed by atoms with E-state index >= 15 is 0 Å². The molecule has 1 aliphatic rings. The van der Waals surface area contributed by atoms with Crippen molar-refractivity contribution in [1.29, 1.82) is 0 Å². The maximum atomic E-state index is 14.6. The molecule has 1 unspecified atom stereocenters. The molecule has 36 heavy (non-hydrogen) atoms. The van der Waals surface area contributed by atoms with E-state index in [1.54, 1.807) is 30.3 Å². The number of carbonyl (C=O) groups is 1. The lowest BCUT2D eigenvalue weighted by Gasteiger charge is -2.36. The van der Waals surface area contributed by atoms with Gasteiger partial charge in [0.2, 0.25) is 0 Å². The molecule has 0 aliphatic heterocycles. The van der Waals surface area contributed by atoms with E-state index in [0.717, 1.165) is 44.2 Å². The summed E-state index contributed by atoms with van der Waals surface area (Å²) in [6, 6.07) is 13.7. The van der Waals surface area contributed by atoms with Crippen LogP contribution in [0.15, 0.2) is 66.9 Å². The number of carbonyl (C=O) groups excluding carboxylic acids is 1. The molecule has 4 rings (SSSR count). The van der Waals surface area contributed by atoms with Crippen molar-refractivity contribution in [2.24, 2.45) is 0 Å². The van der Waals surface area contributed by atoms with Crippen molar-refractivity contribution in [3.05, 3.63) is 100 Å². The average Bonchev–Trinajstić information content (AvgIpc) is 2.84. The summed E-state index contributed by atoms with van der Waals surface area (Å²) < 4.78 is 55.7. The lowest BCUT2D eigenvalue weighted by atomic mass is 9.79. The number of amides is 2. The minimum Gasteiger partial charge on any atom is -0.335 e. The first-order valence-corrected chi connectivity index (χ1v) is 12.2. The molecule has 1 aromatic heterocycles. The Morgan fingerprint density at radius 3 is 2.31 bits per heavy atom. The summed E-state index contributed by atoms with van der Waals surface area (Å²) >= 11 is 6.04. The number of aromatic nitrogens is 1. The molecular formula is C27H26ClF4N3O. The van der Waals surface area contributed by atoms with Crippen molar-refractivity contribution in [2.75, 3.05) is 0 Å². The molecule has 1 fully saturated rings. The summed E-state index contributed by atoms with van der Waals surface area (Å²) in [6.45, 7) is 0. The predicted octanol–water partition coefficient (Wildman–Crippen LogP) is 7.01. The number of halogens is 5. The molecule has 3 aromatic rings. The molecule has 9 heteroatoms. The smallest absolute Gasteiger partial charge is 0.335 e. The number of benzene rings is 2. The first-order chi connectivity index (χ1) is 17.2. The third-order valence-corrected chi connectivity index (χ3v) is 6.69. The van der Waals surface area contributed by atoms with Gasteiger partial charge in [-0.15, -0.1) is 0 Å². The van der Waals surface area contributed by atoms with Gasteiger partial charge in [-0.05, 0) is 54.3 Å². The van der Waals surface area contributed by atoms with Crippen LogP contribution in [0, 0.1) is 5.82 Å². The number of nitrogens with zero attached hydrogens (tertiary/aromatic N) is 1. The van der Waals surface area contributed by atoms with Crippen molar-refractivity contribution in [1.82, 2.24) is 15.6 Å². The highest BCUT2D eigenvalue weighted by molar-refractivity contribution is 6.30. The molecule has 2 amide bonds. The van der Waals surface area contributed by atoms with Gasteiger partial charge in [-0.25, -0.2) is 9.18 Å². The van der Waals surface area contributed by atoms with Gasteiger partial charge in [0.25, 0.3) is 0 Å². The third kappa shape index (κ3) is 6.16. The van der Waals surface area contributed by atoms with Gasteiger partial charge < -0.3 is 10.6 Å². The zero-order valence-corrected chi connectivity index (χ0v) is 20.2. The second-order valence-electron chi connectivity index (χ2n) is 9.09. The number of hydrogen-bond acceptors (Lipinski definition) is 2. The van der Waals surface area contributed by atoms with E-state index in [-0.39, 0.29) is 23.7 Å². The van der Waals surface area contributed by atoms with E-state index in [1.165, 1.54) is 18.3 Å². The van der Waals surface area contributed by atoms with Gasteiger partial charge in [0.15, 0.2) is 0 Å². The molecule has 4 nitrogen and oxygen atoms in total. The van der Waals surface area contributed by atoms with Crippen LogP contribution in [0.2, 0.25) is 5.02 Å². The van der Waals surface area contributed by atoms with Crippen molar-refractivity contribution in [3.8, 4) is 0 Å². The Balaban J connectivity index is 1.86. The zero-order chi connectivity index (χ0) is 25.8. The van der Waals surface area contributed by atoms with Gasteiger partial charge in [-0.2, -0.15) is 13.2 Å². The van der Waals surface area contributed by atoms with Crippen molar-refractivity contribution in [2.45, 2.75) is 56.3 Å². The Morgan fingerprint density at radius 1 is 0.972 bits per heavy atom. The van der Waals surface area contributed by atoms with Gasteiger partial charge in [0.05, 0.1) is 16.3 Å². The van der Waals surface area contributed by atoms with E-state index in [1.807, 2.05) is 0 Å². The second kappa shape index (κ2) is 10.9. The monoisotopic (exact) mass is 519 g/mol. The van der Waals surface area contributed by atoms with Crippen LogP contribution in [-0.4, -0.2) is 17.1 Å². The Morgan fingerprint density at radius 2 is 1.67 bits per heavy atom. The van der Waals surface area contributed by atoms with E-state index in [0.29, 0.717) is 16.7 Å². The number of urea groups is 1. The first-order valence-electron chi connectivity index (χ1n) is 11.8. The summed E-state index contributed by atoms with van der Waals surface area (Å²) in [7, 11) is 0. The van der Waals surface area contributed by atoms with Crippen molar-refractivity contribution < 1.29 is 22.4 Å². The highest BCUT2D eigenvalue weighted by atomic mass is 35.5. The van der Waals surface area contributed by atoms with E-state index < -0.39 is 29.1 Å². The Bertz CT molecular complexity index is 1180. The summed E-state index contributed by atoms with van der Waals surface area (Å²) in [4.78, 5) is 17.7. The maximum Gasteiger partial charge on any atom is 0.416 e. The molecule has 190 valence electrons. The number of hydrogen-bond donors (Lipinski definition) is 2.